The van der Waals surface area contributed by atoms with E-state index in [0.29, 0.717) is 31.8 Å². The van der Waals surface area contributed by atoms with Gasteiger partial charge in [-0.2, -0.15) is 0 Å². The van der Waals surface area contributed by atoms with Gasteiger partial charge in [-0.25, -0.2) is 4.98 Å². The standard InChI is InChI=1S/C26H37N5O3/c1-20-25(30(16-17-33-5)18-21-8-11-23(34-6)12-9-21)31-19-22(10-13-24(31)27-20)26(32)29(4)15-7-14-28(2)3/h8-13,19H,7,14-18H2,1-6H3. The molecule has 34 heavy (non-hydrogen) atoms. The number of anilines is 1. The molecule has 8 heteroatoms. The summed E-state index contributed by atoms with van der Waals surface area (Å²) in [7, 11) is 9.31. The number of pyridine rings is 1. The van der Waals surface area contributed by atoms with Crippen molar-refractivity contribution < 1.29 is 14.3 Å². The Morgan fingerprint density at radius 2 is 1.74 bits per heavy atom. The first-order valence-electron chi connectivity index (χ1n) is 11.6. The molecule has 0 saturated heterocycles. The molecule has 3 rings (SSSR count). The van der Waals surface area contributed by atoms with Crippen LogP contribution < -0.4 is 9.64 Å². The van der Waals surface area contributed by atoms with Crippen molar-refractivity contribution in [3.05, 3.63) is 59.4 Å². The van der Waals surface area contributed by atoms with Gasteiger partial charge in [0.2, 0.25) is 0 Å². The summed E-state index contributed by atoms with van der Waals surface area (Å²) in [5.41, 5.74) is 3.53. The molecule has 0 aliphatic heterocycles. The number of hydrogen-bond donors (Lipinski definition) is 0. The Balaban J connectivity index is 1.90. The van der Waals surface area contributed by atoms with Gasteiger partial charge < -0.3 is 24.2 Å². The van der Waals surface area contributed by atoms with Crippen LogP contribution in [0.3, 0.4) is 0 Å². The molecule has 0 fully saturated rings. The third-order valence-corrected chi connectivity index (χ3v) is 5.85. The number of imidazole rings is 1. The summed E-state index contributed by atoms with van der Waals surface area (Å²) in [6.45, 7) is 5.62. The van der Waals surface area contributed by atoms with E-state index in [1.165, 1.54) is 0 Å². The number of carbonyl (C=O) groups is 1. The minimum Gasteiger partial charge on any atom is -0.497 e. The van der Waals surface area contributed by atoms with Crippen molar-refractivity contribution in [1.29, 1.82) is 0 Å². The molecule has 2 heterocycles. The van der Waals surface area contributed by atoms with Gasteiger partial charge in [0.15, 0.2) is 0 Å². The normalized spacial score (nSPS) is 11.3. The van der Waals surface area contributed by atoms with E-state index < -0.39 is 0 Å². The molecule has 2 aromatic heterocycles. The smallest absolute Gasteiger partial charge is 0.255 e. The van der Waals surface area contributed by atoms with Crippen molar-refractivity contribution in [3.8, 4) is 5.75 Å². The minimum absolute atomic E-state index is 0.0107. The third kappa shape index (κ3) is 6.27. The average Bonchev–Trinajstić information content (AvgIpc) is 3.16. The Morgan fingerprint density at radius 1 is 1.00 bits per heavy atom. The summed E-state index contributed by atoms with van der Waals surface area (Å²) in [6, 6.07) is 11.8. The maximum absolute atomic E-state index is 13.1. The number of aromatic nitrogens is 2. The molecule has 0 atom stereocenters. The number of aryl methyl sites for hydroxylation is 1. The number of carbonyl (C=O) groups excluding carboxylic acids is 1. The van der Waals surface area contributed by atoms with Gasteiger partial charge >= 0.3 is 0 Å². The van der Waals surface area contributed by atoms with Crippen LogP contribution in [-0.4, -0.2) is 86.7 Å². The Labute approximate surface area is 202 Å². The number of benzene rings is 1. The predicted octanol–water partition coefficient (Wildman–Crippen LogP) is 3.33. The van der Waals surface area contributed by atoms with Gasteiger partial charge in [0.25, 0.3) is 5.91 Å². The van der Waals surface area contributed by atoms with E-state index in [9.17, 15) is 4.79 Å². The third-order valence-electron chi connectivity index (χ3n) is 5.85. The van der Waals surface area contributed by atoms with Gasteiger partial charge in [0.1, 0.15) is 17.2 Å². The van der Waals surface area contributed by atoms with E-state index in [4.69, 9.17) is 14.5 Å². The van der Waals surface area contributed by atoms with Crippen molar-refractivity contribution >= 4 is 17.4 Å². The molecule has 8 nitrogen and oxygen atoms in total. The van der Waals surface area contributed by atoms with E-state index in [2.05, 4.69) is 21.9 Å². The maximum Gasteiger partial charge on any atom is 0.255 e. The predicted molar refractivity (Wildman–Crippen MR) is 136 cm³/mol. The van der Waals surface area contributed by atoms with Gasteiger partial charge in [-0.3, -0.25) is 9.20 Å². The van der Waals surface area contributed by atoms with Gasteiger partial charge in [0, 0.05) is 40.0 Å². The van der Waals surface area contributed by atoms with E-state index in [-0.39, 0.29) is 5.91 Å². The fourth-order valence-electron chi connectivity index (χ4n) is 4.02. The van der Waals surface area contributed by atoms with Crippen LogP contribution in [0.5, 0.6) is 5.75 Å². The van der Waals surface area contributed by atoms with E-state index >= 15 is 0 Å². The van der Waals surface area contributed by atoms with Crippen LogP contribution in [-0.2, 0) is 11.3 Å². The molecule has 0 bridgehead atoms. The van der Waals surface area contributed by atoms with Crippen molar-refractivity contribution in [3.63, 3.8) is 0 Å². The minimum atomic E-state index is 0.0107. The number of ether oxygens (including phenoxy) is 2. The first-order valence-corrected chi connectivity index (χ1v) is 11.6. The Morgan fingerprint density at radius 3 is 2.38 bits per heavy atom. The highest BCUT2D eigenvalue weighted by molar-refractivity contribution is 5.94. The van der Waals surface area contributed by atoms with Crippen LogP contribution in [0.2, 0.25) is 0 Å². The molecular formula is C26H37N5O3. The van der Waals surface area contributed by atoms with Crippen LogP contribution in [0.1, 0.15) is 28.0 Å². The summed E-state index contributed by atoms with van der Waals surface area (Å²) in [5, 5.41) is 0. The zero-order valence-corrected chi connectivity index (χ0v) is 21.2. The lowest BCUT2D eigenvalue weighted by Crippen LogP contribution is -2.30. The zero-order chi connectivity index (χ0) is 24.7. The summed E-state index contributed by atoms with van der Waals surface area (Å²) in [6.07, 6.45) is 2.84. The number of fused-ring (bicyclic) bond motifs is 1. The molecular weight excluding hydrogens is 430 g/mol. The van der Waals surface area contributed by atoms with E-state index in [0.717, 1.165) is 41.4 Å². The lowest BCUT2D eigenvalue weighted by molar-refractivity contribution is 0.0790. The van der Waals surface area contributed by atoms with Gasteiger partial charge in [-0.1, -0.05) is 12.1 Å². The molecule has 0 radical (unpaired) electrons. The van der Waals surface area contributed by atoms with E-state index in [1.54, 1.807) is 19.1 Å². The van der Waals surface area contributed by atoms with Crippen molar-refractivity contribution in [2.75, 3.05) is 66.5 Å². The molecule has 1 amide bonds. The largest absolute Gasteiger partial charge is 0.497 e. The number of hydrogen-bond acceptors (Lipinski definition) is 6. The second kappa shape index (κ2) is 11.9. The van der Waals surface area contributed by atoms with Gasteiger partial charge in [-0.05, 0) is 63.8 Å². The fraction of sp³-hybridized carbons (Fsp3) is 0.462. The number of methoxy groups -OCH3 is 2. The molecule has 0 N–H and O–H groups in total. The first kappa shape index (κ1) is 25.5. The molecule has 3 aromatic rings. The Kier molecular flexibility index (Phi) is 8.90. The van der Waals surface area contributed by atoms with Crippen LogP contribution in [0.25, 0.3) is 5.65 Å². The number of nitrogens with zero attached hydrogens (tertiary/aromatic N) is 5. The second-order valence-corrected chi connectivity index (χ2v) is 8.81. The SMILES string of the molecule is COCCN(Cc1ccc(OC)cc1)c1c(C)nc2ccc(C(=O)N(C)CCCN(C)C)cn12. The molecule has 184 valence electrons. The number of rotatable bonds is 12. The summed E-state index contributed by atoms with van der Waals surface area (Å²) >= 11 is 0. The van der Waals surface area contributed by atoms with Crippen LogP contribution in [0.4, 0.5) is 5.82 Å². The lowest BCUT2D eigenvalue weighted by Gasteiger charge is -2.25. The van der Waals surface area contributed by atoms with Crippen LogP contribution in [0.15, 0.2) is 42.6 Å². The highest BCUT2D eigenvalue weighted by atomic mass is 16.5. The molecule has 0 aliphatic carbocycles. The highest BCUT2D eigenvalue weighted by Gasteiger charge is 2.19. The van der Waals surface area contributed by atoms with Crippen LogP contribution in [0, 0.1) is 6.92 Å². The topological polar surface area (TPSA) is 62.6 Å². The monoisotopic (exact) mass is 467 g/mol. The van der Waals surface area contributed by atoms with Gasteiger partial charge in [0.05, 0.1) is 25.0 Å². The molecule has 0 saturated carbocycles. The van der Waals surface area contributed by atoms with Crippen molar-refractivity contribution in [2.24, 2.45) is 0 Å². The van der Waals surface area contributed by atoms with Crippen molar-refractivity contribution in [1.82, 2.24) is 19.2 Å². The van der Waals surface area contributed by atoms with Gasteiger partial charge in [-0.15, -0.1) is 0 Å². The highest BCUT2D eigenvalue weighted by Crippen LogP contribution is 2.25. The van der Waals surface area contributed by atoms with Crippen LogP contribution >= 0.6 is 0 Å². The van der Waals surface area contributed by atoms with Crippen molar-refractivity contribution in [2.45, 2.75) is 19.9 Å². The summed E-state index contributed by atoms with van der Waals surface area (Å²) in [4.78, 5) is 24.0. The Bertz CT molecular complexity index is 1080. The average molecular weight is 468 g/mol. The summed E-state index contributed by atoms with van der Waals surface area (Å²) < 4.78 is 12.7. The maximum atomic E-state index is 13.1. The fourth-order valence-corrected chi connectivity index (χ4v) is 4.02. The first-order chi connectivity index (χ1) is 16.3. The Hall–Kier alpha value is -3.10. The molecule has 0 unspecified atom stereocenters. The van der Waals surface area contributed by atoms with E-state index in [1.807, 2.05) is 62.9 Å². The summed E-state index contributed by atoms with van der Waals surface area (Å²) in [5.74, 6) is 1.81. The quantitative estimate of drug-likeness (QED) is 0.407. The molecule has 0 spiro atoms. The lowest BCUT2D eigenvalue weighted by atomic mass is 10.2. The second-order valence-electron chi connectivity index (χ2n) is 8.81. The molecule has 0 aliphatic rings. The molecule has 1 aromatic carbocycles. The number of amides is 1. The zero-order valence-electron chi connectivity index (χ0n) is 21.2.